The van der Waals surface area contributed by atoms with E-state index in [9.17, 15) is 0 Å². The summed E-state index contributed by atoms with van der Waals surface area (Å²) in [5.74, 6) is 0.614. The van der Waals surface area contributed by atoms with E-state index in [-0.39, 0.29) is 6.10 Å². The van der Waals surface area contributed by atoms with Crippen molar-refractivity contribution >= 4 is 0 Å². The molecule has 2 aliphatic heterocycles. The molecule has 3 rings (SSSR count). The van der Waals surface area contributed by atoms with E-state index < -0.39 is 0 Å². The topological polar surface area (TPSA) is 21.3 Å². The normalized spacial score (nSPS) is 40.0. The summed E-state index contributed by atoms with van der Waals surface area (Å²) < 4.78 is 5.98. The predicted molar refractivity (Wildman–Crippen MR) is 56.0 cm³/mol. The highest BCUT2D eigenvalue weighted by Gasteiger charge is 2.33. The van der Waals surface area contributed by atoms with Crippen LogP contribution in [0.4, 0.5) is 0 Å². The molecule has 3 aliphatic rings. The summed E-state index contributed by atoms with van der Waals surface area (Å²) in [6, 6.07) is 0. The highest BCUT2D eigenvalue weighted by molar-refractivity contribution is 5.34. The van der Waals surface area contributed by atoms with E-state index in [1.807, 2.05) is 0 Å². The third kappa shape index (κ3) is 1.35. The molecule has 0 aromatic rings. The molecule has 0 saturated carbocycles. The van der Waals surface area contributed by atoms with Gasteiger partial charge in [-0.05, 0) is 24.6 Å². The van der Waals surface area contributed by atoms with Crippen molar-refractivity contribution in [2.75, 3.05) is 13.1 Å². The number of fused-ring (bicyclic) bond motifs is 3. The van der Waals surface area contributed by atoms with Crippen LogP contribution in [0.2, 0.25) is 0 Å². The van der Waals surface area contributed by atoms with Gasteiger partial charge in [0.2, 0.25) is 0 Å². The standard InChI is InChI=1S/C12H15NO/c1-2-4-10-7-9(3-1)11-5-6-13-8-12(11)14-10/h1-4,7,10-13H,5-6,8H2/t10-,11?,12?/m1/s1. The Morgan fingerprint density at radius 2 is 2.36 bits per heavy atom. The van der Waals surface area contributed by atoms with Gasteiger partial charge in [0.25, 0.3) is 0 Å². The van der Waals surface area contributed by atoms with Crippen molar-refractivity contribution in [3.8, 4) is 0 Å². The Morgan fingerprint density at radius 1 is 1.36 bits per heavy atom. The van der Waals surface area contributed by atoms with Gasteiger partial charge in [-0.15, -0.1) is 0 Å². The molecule has 1 saturated heterocycles. The molecule has 74 valence electrons. The Bertz CT molecular complexity index is 316. The summed E-state index contributed by atoms with van der Waals surface area (Å²) in [5, 5.41) is 3.39. The number of piperidine rings is 1. The molecule has 3 atom stereocenters. The monoisotopic (exact) mass is 189 g/mol. The molecule has 2 bridgehead atoms. The van der Waals surface area contributed by atoms with Crippen LogP contribution in [-0.4, -0.2) is 25.3 Å². The highest BCUT2D eigenvalue weighted by Crippen LogP contribution is 2.32. The molecule has 1 N–H and O–H groups in total. The van der Waals surface area contributed by atoms with Crippen molar-refractivity contribution in [2.24, 2.45) is 5.92 Å². The summed E-state index contributed by atoms with van der Waals surface area (Å²) in [4.78, 5) is 0. The molecule has 0 radical (unpaired) electrons. The van der Waals surface area contributed by atoms with E-state index in [4.69, 9.17) is 4.74 Å². The number of hydrogen-bond acceptors (Lipinski definition) is 2. The van der Waals surface area contributed by atoms with Crippen LogP contribution >= 0.6 is 0 Å². The van der Waals surface area contributed by atoms with Crippen LogP contribution in [0.15, 0.2) is 36.0 Å². The maximum absolute atomic E-state index is 5.98. The minimum Gasteiger partial charge on any atom is -0.365 e. The van der Waals surface area contributed by atoms with Crippen molar-refractivity contribution in [3.63, 3.8) is 0 Å². The van der Waals surface area contributed by atoms with Crippen molar-refractivity contribution in [3.05, 3.63) is 36.0 Å². The SMILES string of the molecule is C1=CC2=C[C@@H](C=C1)OC1CNCCC21. The Hall–Kier alpha value is -0.860. The first-order chi connectivity index (χ1) is 6.93. The second kappa shape index (κ2) is 3.37. The lowest BCUT2D eigenvalue weighted by atomic mass is 9.85. The van der Waals surface area contributed by atoms with Crippen molar-refractivity contribution < 1.29 is 4.74 Å². The number of nitrogens with one attached hydrogen (secondary N) is 1. The smallest absolute Gasteiger partial charge is 0.0951 e. The number of rotatable bonds is 0. The van der Waals surface area contributed by atoms with Gasteiger partial charge in [-0.25, -0.2) is 0 Å². The average Bonchev–Trinajstić information content (AvgIpc) is 2.41. The van der Waals surface area contributed by atoms with Gasteiger partial charge in [0.05, 0.1) is 12.2 Å². The summed E-state index contributed by atoms with van der Waals surface area (Å²) >= 11 is 0. The van der Waals surface area contributed by atoms with Crippen LogP contribution in [0, 0.1) is 5.92 Å². The molecule has 14 heavy (non-hydrogen) atoms. The summed E-state index contributed by atoms with van der Waals surface area (Å²) in [6.45, 7) is 2.12. The van der Waals surface area contributed by atoms with Gasteiger partial charge in [0.15, 0.2) is 0 Å². The fourth-order valence-electron chi connectivity index (χ4n) is 2.53. The zero-order valence-electron chi connectivity index (χ0n) is 8.15. The van der Waals surface area contributed by atoms with Crippen LogP contribution in [0.5, 0.6) is 0 Å². The first-order valence-corrected chi connectivity index (χ1v) is 5.36. The van der Waals surface area contributed by atoms with Crippen molar-refractivity contribution in [2.45, 2.75) is 18.6 Å². The number of allylic oxidation sites excluding steroid dienone is 3. The van der Waals surface area contributed by atoms with Gasteiger partial charge in [-0.3, -0.25) is 0 Å². The molecule has 0 aromatic carbocycles. The van der Waals surface area contributed by atoms with E-state index in [1.54, 1.807) is 0 Å². The molecule has 0 amide bonds. The summed E-state index contributed by atoms with van der Waals surface area (Å²) in [7, 11) is 0. The molecule has 1 fully saturated rings. The molecule has 1 aliphatic carbocycles. The molecule has 2 nitrogen and oxygen atoms in total. The minimum atomic E-state index is 0.196. The van der Waals surface area contributed by atoms with Gasteiger partial charge < -0.3 is 10.1 Å². The Labute approximate surface area is 84.3 Å². The van der Waals surface area contributed by atoms with Crippen LogP contribution in [0.25, 0.3) is 0 Å². The highest BCUT2D eigenvalue weighted by atomic mass is 16.5. The Balaban J connectivity index is 1.94. The Kier molecular flexibility index (Phi) is 2.03. The van der Waals surface area contributed by atoms with Gasteiger partial charge in [0, 0.05) is 12.5 Å². The van der Waals surface area contributed by atoms with Gasteiger partial charge >= 0.3 is 0 Å². The molecule has 2 heterocycles. The molecular weight excluding hydrogens is 174 g/mol. The predicted octanol–water partition coefficient (Wildman–Crippen LogP) is 1.42. The zero-order chi connectivity index (χ0) is 9.38. The fourth-order valence-corrected chi connectivity index (χ4v) is 2.53. The van der Waals surface area contributed by atoms with E-state index in [2.05, 4.69) is 35.7 Å². The maximum Gasteiger partial charge on any atom is 0.0951 e. The lowest BCUT2D eigenvalue weighted by Crippen LogP contribution is -2.46. The molecular formula is C12H15NO. The lowest BCUT2D eigenvalue weighted by molar-refractivity contribution is -0.0151. The van der Waals surface area contributed by atoms with E-state index in [1.165, 1.54) is 12.0 Å². The second-order valence-corrected chi connectivity index (χ2v) is 4.15. The number of ether oxygens (including phenoxy) is 1. The van der Waals surface area contributed by atoms with Gasteiger partial charge in [-0.2, -0.15) is 0 Å². The van der Waals surface area contributed by atoms with Gasteiger partial charge in [0.1, 0.15) is 0 Å². The largest absolute Gasteiger partial charge is 0.365 e. The minimum absolute atomic E-state index is 0.196. The third-order valence-electron chi connectivity index (χ3n) is 3.24. The molecule has 0 aromatic heterocycles. The first-order valence-electron chi connectivity index (χ1n) is 5.36. The van der Waals surface area contributed by atoms with Crippen LogP contribution in [0.1, 0.15) is 6.42 Å². The van der Waals surface area contributed by atoms with Crippen molar-refractivity contribution in [1.29, 1.82) is 0 Å². The quantitative estimate of drug-likeness (QED) is 0.622. The van der Waals surface area contributed by atoms with E-state index >= 15 is 0 Å². The zero-order valence-corrected chi connectivity index (χ0v) is 8.15. The van der Waals surface area contributed by atoms with Crippen LogP contribution < -0.4 is 5.32 Å². The van der Waals surface area contributed by atoms with Crippen LogP contribution in [-0.2, 0) is 4.74 Å². The fraction of sp³-hybridized carbons (Fsp3) is 0.500. The average molecular weight is 189 g/mol. The Morgan fingerprint density at radius 3 is 3.36 bits per heavy atom. The van der Waals surface area contributed by atoms with E-state index in [0.717, 1.165) is 13.1 Å². The third-order valence-corrected chi connectivity index (χ3v) is 3.24. The second-order valence-electron chi connectivity index (χ2n) is 4.15. The van der Waals surface area contributed by atoms with Crippen LogP contribution in [0.3, 0.4) is 0 Å². The number of hydrogen-bond donors (Lipinski definition) is 1. The molecule has 2 unspecified atom stereocenters. The first kappa shape index (κ1) is 8.45. The summed E-state index contributed by atoms with van der Waals surface area (Å²) in [5.41, 5.74) is 1.47. The molecule has 0 spiro atoms. The lowest BCUT2D eigenvalue weighted by Gasteiger charge is -2.38. The summed E-state index contributed by atoms with van der Waals surface area (Å²) in [6.07, 6.45) is 12.6. The van der Waals surface area contributed by atoms with E-state index in [0.29, 0.717) is 12.0 Å². The maximum atomic E-state index is 5.98. The van der Waals surface area contributed by atoms with Gasteiger partial charge in [-0.1, -0.05) is 24.3 Å². The molecule has 2 heteroatoms. The van der Waals surface area contributed by atoms with Crippen molar-refractivity contribution in [1.82, 2.24) is 5.32 Å².